The fraction of sp³-hybridized carbons (Fsp3) is 0.909. The third kappa shape index (κ3) is 2.62. The summed E-state index contributed by atoms with van der Waals surface area (Å²) in [7, 11) is 0. The molecule has 4 N–H and O–H groups in total. The van der Waals surface area contributed by atoms with Gasteiger partial charge in [0.05, 0.1) is 13.1 Å². The van der Waals surface area contributed by atoms with Gasteiger partial charge >= 0.3 is 5.96 Å². The third-order valence-corrected chi connectivity index (χ3v) is 3.77. The van der Waals surface area contributed by atoms with Gasteiger partial charge in [-0.2, -0.15) is 0 Å². The van der Waals surface area contributed by atoms with Crippen molar-refractivity contribution in [3.63, 3.8) is 0 Å². The van der Waals surface area contributed by atoms with Gasteiger partial charge in [-0.15, -0.1) is 0 Å². The number of guanidine groups is 1. The molecule has 0 atom stereocenters. The first-order chi connectivity index (χ1) is 7.27. The number of rotatable bonds is 1. The maximum absolute atomic E-state index is 5.59. The summed E-state index contributed by atoms with van der Waals surface area (Å²) in [5.41, 5.74) is 11.2. The molecule has 0 amide bonds. The van der Waals surface area contributed by atoms with E-state index >= 15 is 0 Å². The topological polar surface area (TPSA) is 58.3 Å². The van der Waals surface area contributed by atoms with Crippen molar-refractivity contribution in [1.29, 1.82) is 0 Å². The Bertz CT molecular complexity index is 229. The zero-order valence-corrected chi connectivity index (χ0v) is 9.49. The van der Waals surface area contributed by atoms with Crippen LogP contribution in [0.4, 0.5) is 0 Å². The number of nitrogens with two attached hydrogens (primary N) is 2. The van der Waals surface area contributed by atoms with Crippen molar-refractivity contribution < 1.29 is 4.58 Å². The van der Waals surface area contributed by atoms with E-state index in [1.807, 2.05) is 0 Å². The van der Waals surface area contributed by atoms with Crippen molar-refractivity contribution in [2.45, 2.75) is 38.1 Å². The van der Waals surface area contributed by atoms with Crippen LogP contribution in [0.25, 0.3) is 0 Å². The first kappa shape index (κ1) is 10.7. The molecule has 4 nitrogen and oxygen atoms in total. The van der Waals surface area contributed by atoms with Crippen LogP contribution in [0.5, 0.6) is 0 Å². The standard InChI is InChI=1S/C11H22N4/c12-11(13)15-8-6-14(7-9-15)10-4-2-1-3-5-10/h10H,1-9H2,(H3,12,13)/p+1. The second-order valence-corrected chi connectivity index (χ2v) is 4.74. The Morgan fingerprint density at radius 2 is 1.60 bits per heavy atom. The summed E-state index contributed by atoms with van der Waals surface area (Å²) in [6.45, 7) is 4.25. The van der Waals surface area contributed by atoms with Gasteiger partial charge in [-0.05, 0) is 12.8 Å². The first-order valence-corrected chi connectivity index (χ1v) is 6.14. The predicted octanol–water partition coefficient (Wildman–Crippen LogP) is -0.0794. The van der Waals surface area contributed by atoms with Crippen LogP contribution < -0.4 is 11.5 Å². The van der Waals surface area contributed by atoms with Crippen LogP contribution >= 0.6 is 0 Å². The minimum Gasteiger partial charge on any atom is -0.294 e. The Morgan fingerprint density at radius 3 is 2.13 bits per heavy atom. The van der Waals surface area contributed by atoms with Gasteiger partial charge in [0.1, 0.15) is 0 Å². The lowest BCUT2D eigenvalue weighted by Crippen LogP contribution is -2.51. The van der Waals surface area contributed by atoms with Crippen molar-refractivity contribution in [2.75, 3.05) is 26.2 Å². The van der Waals surface area contributed by atoms with Crippen LogP contribution in [0.2, 0.25) is 0 Å². The Balaban J connectivity index is 1.84. The molecule has 0 aromatic carbocycles. The molecule has 0 radical (unpaired) electrons. The summed E-state index contributed by atoms with van der Waals surface area (Å²) < 4.78 is 2.08. The van der Waals surface area contributed by atoms with Gasteiger partial charge in [-0.3, -0.25) is 20.9 Å². The quantitative estimate of drug-likeness (QED) is 0.471. The molecule has 0 unspecified atom stereocenters. The zero-order chi connectivity index (χ0) is 10.7. The summed E-state index contributed by atoms with van der Waals surface area (Å²) in [4.78, 5) is 2.62. The Kier molecular flexibility index (Phi) is 3.46. The lowest BCUT2D eigenvalue weighted by atomic mass is 9.94. The summed E-state index contributed by atoms with van der Waals surface area (Å²) in [6, 6.07) is 0.833. The molecule has 86 valence electrons. The summed E-state index contributed by atoms with van der Waals surface area (Å²) in [5.74, 6) is 0.485. The van der Waals surface area contributed by atoms with Gasteiger partial charge in [0.25, 0.3) is 0 Å². The Labute approximate surface area is 91.9 Å². The molecule has 15 heavy (non-hydrogen) atoms. The van der Waals surface area contributed by atoms with E-state index in [1.165, 1.54) is 32.1 Å². The molecule has 4 heteroatoms. The normalized spacial score (nSPS) is 25.5. The van der Waals surface area contributed by atoms with Crippen molar-refractivity contribution in [3.8, 4) is 0 Å². The Morgan fingerprint density at radius 1 is 1.00 bits per heavy atom. The molecule has 0 spiro atoms. The van der Waals surface area contributed by atoms with E-state index in [9.17, 15) is 0 Å². The smallest absolute Gasteiger partial charge is 0.294 e. The highest BCUT2D eigenvalue weighted by Crippen LogP contribution is 2.22. The van der Waals surface area contributed by atoms with Crippen molar-refractivity contribution in [2.24, 2.45) is 11.5 Å². The van der Waals surface area contributed by atoms with Crippen molar-refractivity contribution in [3.05, 3.63) is 0 Å². The highest BCUT2D eigenvalue weighted by Gasteiger charge is 2.24. The van der Waals surface area contributed by atoms with Gasteiger partial charge in [-0.1, -0.05) is 19.3 Å². The molecule has 0 aromatic heterocycles. The average molecular weight is 211 g/mol. The van der Waals surface area contributed by atoms with E-state index in [2.05, 4.69) is 9.48 Å². The predicted molar refractivity (Wildman–Crippen MR) is 61.8 cm³/mol. The lowest BCUT2D eigenvalue weighted by molar-refractivity contribution is -0.542. The minimum absolute atomic E-state index is 0.485. The highest BCUT2D eigenvalue weighted by molar-refractivity contribution is 5.70. The van der Waals surface area contributed by atoms with E-state index in [1.54, 1.807) is 0 Å². The molecule has 0 bridgehead atoms. The molecule has 1 aliphatic carbocycles. The van der Waals surface area contributed by atoms with Crippen LogP contribution in [0, 0.1) is 0 Å². The zero-order valence-electron chi connectivity index (χ0n) is 9.49. The fourth-order valence-electron chi connectivity index (χ4n) is 2.79. The molecule has 2 fully saturated rings. The maximum atomic E-state index is 5.59. The number of nitrogens with zero attached hydrogens (tertiary/aromatic N) is 2. The minimum atomic E-state index is 0.485. The molecule has 1 saturated heterocycles. The van der Waals surface area contributed by atoms with Gasteiger partial charge in [0.15, 0.2) is 0 Å². The van der Waals surface area contributed by atoms with Crippen LogP contribution in [0.15, 0.2) is 0 Å². The first-order valence-electron chi connectivity index (χ1n) is 6.14. The largest absolute Gasteiger partial charge is 0.341 e. The SMILES string of the molecule is NC(N)=[N+]1CCN(C2CCCCC2)CC1. The lowest BCUT2D eigenvalue weighted by Gasteiger charge is -2.37. The number of hydrogen-bond acceptors (Lipinski definition) is 1. The van der Waals surface area contributed by atoms with E-state index in [-0.39, 0.29) is 0 Å². The van der Waals surface area contributed by atoms with Gasteiger partial charge < -0.3 is 0 Å². The monoisotopic (exact) mass is 211 g/mol. The second-order valence-electron chi connectivity index (χ2n) is 4.74. The molecule has 1 heterocycles. The van der Waals surface area contributed by atoms with Crippen molar-refractivity contribution >= 4 is 5.96 Å². The molecular formula is C11H23N4+. The summed E-state index contributed by atoms with van der Waals surface area (Å²) in [6.07, 6.45) is 7.04. The number of hydrogen-bond donors (Lipinski definition) is 2. The van der Waals surface area contributed by atoms with E-state index in [0.29, 0.717) is 5.96 Å². The van der Waals surface area contributed by atoms with E-state index in [4.69, 9.17) is 11.5 Å². The maximum Gasteiger partial charge on any atom is 0.341 e. The van der Waals surface area contributed by atoms with Gasteiger partial charge in [0, 0.05) is 19.1 Å². The molecule has 2 rings (SSSR count). The molecular weight excluding hydrogens is 188 g/mol. The van der Waals surface area contributed by atoms with Crippen LogP contribution in [0.3, 0.4) is 0 Å². The molecule has 2 aliphatic rings. The number of piperazine rings is 1. The van der Waals surface area contributed by atoms with Gasteiger partial charge in [-0.25, -0.2) is 0 Å². The Hall–Kier alpha value is -0.770. The molecule has 1 saturated carbocycles. The average Bonchev–Trinajstić information content (AvgIpc) is 2.30. The fourth-order valence-corrected chi connectivity index (χ4v) is 2.79. The molecule has 1 aliphatic heterocycles. The van der Waals surface area contributed by atoms with Crippen molar-refractivity contribution in [1.82, 2.24) is 4.90 Å². The van der Waals surface area contributed by atoms with E-state index in [0.717, 1.165) is 32.2 Å². The summed E-state index contributed by atoms with van der Waals surface area (Å²) in [5, 5.41) is 0. The summed E-state index contributed by atoms with van der Waals surface area (Å²) >= 11 is 0. The second kappa shape index (κ2) is 4.84. The highest BCUT2D eigenvalue weighted by atomic mass is 15.3. The van der Waals surface area contributed by atoms with Gasteiger partial charge in [0.2, 0.25) is 0 Å². The van der Waals surface area contributed by atoms with Crippen LogP contribution in [0.1, 0.15) is 32.1 Å². The van der Waals surface area contributed by atoms with Crippen LogP contribution in [-0.2, 0) is 0 Å². The third-order valence-electron chi connectivity index (χ3n) is 3.77. The molecule has 0 aromatic rings. The van der Waals surface area contributed by atoms with E-state index < -0.39 is 0 Å². The van der Waals surface area contributed by atoms with Crippen LogP contribution in [-0.4, -0.2) is 47.7 Å².